The molecule has 0 saturated heterocycles. The molecule has 5 nitrogen and oxygen atoms in total. The smallest absolute Gasteiger partial charge is 0.268 e. The monoisotopic (exact) mass is 545 g/mol. The van der Waals surface area contributed by atoms with Crippen molar-refractivity contribution in [1.82, 2.24) is 4.57 Å². The summed E-state index contributed by atoms with van der Waals surface area (Å²) in [6.07, 6.45) is 0. The van der Waals surface area contributed by atoms with E-state index in [0.717, 1.165) is 55.2 Å². The Bertz CT molecular complexity index is 2170. The van der Waals surface area contributed by atoms with Gasteiger partial charge in [0.2, 0.25) is 0 Å². The van der Waals surface area contributed by atoms with Gasteiger partial charge in [-0.25, -0.2) is 9.74 Å². The molecule has 0 unspecified atom stereocenters. The van der Waals surface area contributed by atoms with Gasteiger partial charge in [-0.1, -0.05) is 71.8 Å². The first kappa shape index (κ1) is 25.5. The van der Waals surface area contributed by atoms with Gasteiger partial charge in [-0.05, 0) is 80.3 Å². The van der Waals surface area contributed by atoms with E-state index in [2.05, 4.69) is 39.7 Å². The lowest BCUT2D eigenvalue weighted by atomic mass is 9.98. The maximum absolute atomic E-state index is 14.2. The van der Waals surface area contributed by atoms with Crippen molar-refractivity contribution in [2.75, 3.05) is 4.90 Å². The molecule has 42 heavy (non-hydrogen) atoms. The Balaban J connectivity index is 1.45. The Morgan fingerprint density at radius 1 is 0.643 bits per heavy atom. The van der Waals surface area contributed by atoms with Crippen LogP contribution >= 0.6 is 0 Å². The molecule has 6 aromatic rings. The Hall–Kier alpha value is -5.47. The first-order valence-electron chi connectivity index (χ1n) is 13.9. The number of aromatic nitrogens is 1. The van der Waals surface area contributed by atoms with Gasteiger partial charge in [-0.3, -0.25) is 9.59 Å². The maximum Gasteiger partial charge on any atom is 0.268 e. The van der Waals surface area contributed by atoms with Crippen LogP contribution in [-0.2, 0) is 0 Å². The van der Waals surface area contributed by atoms with Crippen molar-refractivity contribution in [1.29, 1.82) is 0 Å². The average molecular weight is 546 g/mol. The maximum atomic E-state index is 14.2. The van der Waals surface area contributed by atoms with Crippen LogP contribution in [0.25, 0.3) is 43.5 Å². The van der Waals surface area contributed by atoms with Gasteiger partial charge in [-0.15, -0.1) is 0 Å². The molecule has 0 aliphatic carbocycles. The first-order valence-corrected chi connectivity index (χ1v) is 13.9. The van der Waals surface area contributed by atoms with Crippen LogP contribution in [0.3, 0.4) is 0 Å². The summed E-state index contributed by atoms with van der Waals surface area (Å²) in [7, 11) is 0. The average Bonchev–Trinajstić information content (AvgIpc) is 3.43. The number of para-hydroxylation sites is 1. The molecular formula is C37H27N3O2. The van der Waals surface area contributed by atoms with Crippen molar-refractivity contribution in [3.05, 3.63) is 136 Å². The number of fused-ring (bicyclic) bond motifs is 4. The lowest BCUT2D eigenvalue weighted by Crippen LogP contribution is -2.31. The number of carbonyl (C=O) groups excluding carboxylic acids is 2. The second kappa shape index (κ2) is 9.29. The molecule has 0 atom stereocenters. The summed E-state index contributed by atoms with van der Waals surface area (Å²) in [6, 6.07) is 29.8. The van der Waals surface area contributed by atoms with Crippen LogP contribution in [0.15, 0.2) is 91.0 Å². The molecule has 1 aliphatic heterocycles. The minimum absolute atomic E-state index is 0.298. The van der Waals surface area contributed by atoms with Crippen molar-refractivity contribution in [3.63, 3.8) is 0 Å². The number of imide groups is 1. The number of amides is 2. The Kier molecular flexibility index (Phi) is 5.64. The molecule has 2 heterocycles. The van der Waals surface area contributed by atoms with E-state index < -0.39 is 0 Å². The van der Waals surface area contributed by atoms with Crippen molar-refractivity contribution >= 4 is 45.0 Å². The number of rotatable bonds is 3. The number of benzene rings is 5. The first-order chi connectivity index (χ1) is 20.3. The van der Waals surface area contributed by atoms with Crippen LogP contribution in [0.5, 0.6) is 0 Å². The Morgan fingerprint density at radius 3 is 2.12 bits per heavy atom. The number of carbonyl (C=O) groups is 2. The lowest BCUT2D eigenvalue weighted by molar-refractivity contribution is 0.0925. The molecule has 0 bridgehead atoms. The molecule has 0 radical (unpaired) electrons. The lowest BCUT2D eigenvalue weighted by Gasteiger charge is -2.20. The van der Waals surface area contributed by atoms with Gasteiger partial charge in [0, 0.05) is 10.8 Å². The highest BCUT2D eigenvalue weighted by molar-refractivity contribution is 6.36. The fourth-order valence-corrected chi connectivity index (χ4v) is 6.62. The van der Waals surface area contributed by atoms with E-state index in [1.54, 1.807) is 6.07 Å². The van der Waals surface area contributed by atoms with Crippen molar-refractivity contribution < 1.29 is 9.59 Å². The van der Waals surface area contributed by atoms with Gasteiger partial charge in [-0.2, -0.15) is 0 Å². The third-order valence-corrected chi connectivity index (χ3v) is 8.32. The van der Waals surface area contributed by atoms with Gasteiger partial charge in [0.1, 0.15) is 0 Å². The summed E-state index contributed by atoms with van der Waals surface area (Å²) in [5.74, 6) is -0.605. The number of nitrogens with zero attached hydrogens (tertiary/aromatic N) is 3. The van der Waals surface area contributed by atoms with E-state index >= 15 is 0 Å². The SMILES string of the molecule is [C-]#[N+]c1ccc(-c2ccc3c(c2)c2ccccc2n3-c2cccc3c2C(=O)N(c2c(C)cc(C)cc2C)C3=O)c(C)c1. The molecule has 0 fully saturated rings. The highest BCUT2D eigenvalue weighted by Crippen LogP contribution is 2.40. The van der Waals surface area contributed by atoms with E-state index in [0.29, 0.717) is 28.2 Å². The van der Waals surface area contributed by atoms with E-state index in [1.165, 1.54) is 4.90 Å². The van der Waals surface area contributed by atoms with Crippen molar-refractivity contribution in [2.24, 2.45) is 0 Å². The fourth-order valence-electron chi connectivity index (χ4n) is 6.62. The minimum Gasteiger partial charge on any atom is -0.308 e. The summed E-state index contributed by atoms with van der Waals surface area (Å²) in [6.45, 7) is 15.3. The number of anilines is 1. The molecule has 0 saturated carbocycles. The predicted molar refractivity (Wildman–Crippen MR) is 169 cm³/mol. The van der Waals surface area contributed by atoms with Crippen molar-refractivity contribution in [3.8, 4) is 16.8 Å². The third kappa shape index (κ3) is 3.62. The van der Waals surface area contributed by atoms with Gasteiger partial charge >= 0.3 is 0 Å². The molecule has 5 heteroatoms. The van der Waals surface area contributed by atoms with Crippen LogP contribution in [0.4, 0.5) is 11.4 Å². The van der Waals surface area contributed by atoms with Crippen LogP contribution in [0.1, 0.15) is 43.0 Å². The van der Waals surface area contributed by atoms with Gasteiger partial charge in [0.05, 0.1) is 40.1 Å². The summed E-state index contributed by atoms with van der Waals surface area (Å²) in [4.78, 5) is 32.9. The summed E-state index contributed by atoms with van der Waals surface area (Å²) in [5.41, 5.74) is 10.8. The molecule has 0 N–H and O–H groups in total. The van der Waals surface area contributed by atoms with Gasteiger partial charge in [0.25, 0.3) is 11.8 Å². The van der Waals surface area contributed by atoms with Gasteiger partial charge in [0.15, 0.2) is 5.69 Å². The molecule has 7 rings (SSSR count). The zero-order valence-corrected chi connectivity index (χ0v) is 23.8. The topological polar surface area (TPSA) is 46.7 Å². The summed E-state index contributed by atoms with van der Waals surface area (Å²) in [5, 5.41) is 2.11. The second-order valence-electron chi connectivity index (χ2n) is 11.1. The Morgan fingerprint density at radius 2 is 1.38 bits per heavy atom. The van der Waals surface area contributed by atoms with E-state index in [4.69, 9.17) is 6.57 Å². The number of hydrogen-bond acceptors (Lipinski definition) is 2. The van der Waals surface area contributed by atoms with Crippen molar-refractivity contribution in [2.45, 2.75) is 27.7 Å². The number of aryl methyl sites for hydroxylation is 4. The largest absolute Gasteiger partial charge is 0.308 e. The molecule has 1 aliphatic rings. The van der Waals surface area contributed by atoms with Gasteiger partial charge < -0.3 is 4.57 Å². The fraction of sp³-hybridized carbons (Fsp3) is 0.108. The molecule has 202 valence electrons. The van der Waals surface area contributed by atoms with E-state index in [1.807, 2.05) is 82.3 Å². The molecule has 2 amide bonds. The van der Waals surface area contributed by atoms with Crippen LogP contribution < -0.4 is 4.90 Å². The highest BCUT2D eigenvalue weighted by atomic mass is 16.2. The van der Waals surface area contributed by atoms with Crippen LogP contribution in [0.2, 0.25) is 0 Å². The normalized spacial score (nSPS) is 12.8. The zero-order chi connectivity index (χ0) is 29.3. The molecule has 5 aromatic carbocycles. The quantitative estimate of drug-likeness (QED) is 0.165. The molecule has 1 aromatic heterocycles. The zero-order valence-electron chi connectivity index (χ0n) is 23.8. The second-order valence-corrected chi connectivity index (χ2v) is 11.1. The number of hydrogen-bond donors (Lipinski definition) is 0. The predicted octanol–water partition coefficient (Wildman–Crippen LogP) is 9.04. The Labute approximate surface area is 244 Å². The molecule has 0 spiro atoms. The minimum atomic E-state index is -0.307. The molecular weight excluding hydrogens is 518 g/mol. The standard InChI is InChI=1S/C37H27N3O2/c1-21-17-23(3)35(24(4)18-21)40-36(41)29-10-8-12-33(34(29)37(40)42)39-31-11-7-6-9-28(31)30-20-25(13-16-32(30)39)27-15-14-26(38-5)19-22(27)2/h6-20H,1-4H3. The summed E-state index contributed by atoms with van der Waals surface area (Å²) >= 11 is 0. The van der Waals surface area contributed by atoms with E-state index in [-0.39, 0.29) is 11.8 Å². The third-order valence-electron chi connectivity index (χ3n) is 8.32. The van der Waals surface area contributed by atoms with Crippen LogP contribution in [-0.4, -0.2) is 16.4 Å². The van der Waals surface area contributed by atoms with Crippen LogP contribution in [0, 0.1) is 34.3 Å². The highest BCUT2D eigenvalue weighted by Gasteiger charge is 2.40. The summed E-state index contributed by atoms with van der Waals surface area (Å²) < 4.78 is 2.10. The van der Waals surface area contributed by atoms with E-state index in [9.17, 15) is 9.59 Å².